The van der Waals surface area contributed by atoms with Crippen molar-refractivity contribution in [2.24, 2.45) is 0 Å². The van der Waals surface area contributed by atoms with Gasteiger partial charge in [0.15, 0.2) is 0 Å². The molecule has 7 aromatic rings. The fraction of sp³-hybridized carbons (Fsp3) is 0.164. The molecule has 290 valence electrons. The molecule has 0 fully saturated rings. The van der Waals surface area contributed by atoms with Gasteiger partial charge in [-0.3, -0.25) is 0 Å². The molecule has 0 N–H and O–H groups in total. The minimum absolute atomic E-state index is 0.152. The molecule has 0 aromatic heterocycles. The van der Waals surface area contributed by atoms with Crippen LogP contribution < -0.4 is 15.0 Å². The van der Waals surface area contributed by atoms with Crippen LogP contribution in [0.2, 0.25) is 18.6 Å². The van der Waals surface area contributed by atoms with Gasteiger partial charge in [-0.15, -0.1) is 0 Å². The lowest BCUT2D eigenvalue weighted by Gasteiger charge is -2.50. The van der Waals surface area contributed by atoms with Gasteiger partial charge in [-0.05, 0) is 105 Å². The highest BCUT2D eigenvalue weighted by Crippen LogP contribution is 2.67. The van der Waals surface area contributed by atoms with E-state index in [2.05, 4.69) is 231 Å². The average Bonchev–Trinajstić information content (AvgIpc) is 3.48. The first-order valence-electron chi connectivity index (χ1n) is 21.0. The summed E-state index contributed by atoms with van der Waals surface area (Å²) in [4.78, 5) is 8.01. The van der Waals surface area contributed by atoms with Gasteiger partial charge in [0.2, 0.25) is 0 Å². The van der Waals surface area contributed by atoms with Crippen molar-refractivity contribution in [1.82, 2.24) is 0 Å². The van der Waals surface area contributed by atoms with Gasteiger partial charge in [0.05, 0.1) is 25.5 Å². The molecular weight excluding hydrogens is 749 g/mol. The van der Waals surface area contributed by atoms with Gasteiger partial charge in [0.1, 0.15) is 0 Å². The van der Waals surface area contributed by atoms with Crippen molar-refractivity contribution in [1.29, 1.82) is 0 Å². The predicted octanol–water partition coefficient (Wildman–Crippen LogP) is 14.5. The maximum absolute atomic E-state index is 2.63. The predicted molar refractivity (Wildman–Crippen MR) is 259 cm³/mol. The van der Waals surface area contributed by atoms with E-state index in [0.29, 0.717) is 11.6 Å². The van der Waals surface area contributed by atoms with Crippen molar-refractivity contribution in [2.45, 2.75) is 53.7 Å². The van der Waals surface area contributed by atoms with Crippen molar-refractivity contribution in [2.75, 3.05) is 22.3 Å². The number of hydrogen-bond donors (Lipinski definition) is 0. The third-order valence-corrected chi connectivity index (χ3v) is 20.9. The number of hydrogen-bond acceptors (Lipinski definition) is 2. The fourth-order valence-electron chi connectivity index (χ4n) is 10.9. The van der Waals surface area contributed by atoms with Gasteiger partial charge < -0.3 is 9.80 Å². The van der Waals surface area contributed by atoms with Gasteiger partial charge >= 0.3 is 0 Å². The third kappa shape index (κ3) is 5.32. The van der Waals surface area contributed by atoms with Crippen LogP contribution in [0, 0.1) is 0 Å². The first-order chi connectivity index (χ1) is 28.5. The summed E-state index contributed by atoms with van der Waals surface area (Å²) in [7, 11) is -2.89. The van der Waals surface area contributed by atoms with E-state index in [1.807, 2.05) is 0 Å². The first kappa shape index (κ1) is 36.3. The largest absolute Gasteiger partial charge is 0.334 e. The van der Waals surface area contributed by atoms with E-state index in [4.69, 9.17) is 0 Å². The van der Waals surface area contributed by atoms with Crippen molar-refractivity contribution in [3.05, 3.63) is 192 Å². The molecule has 7 aromatic carbocycles. The number of allylic oxidation sites excluding steroid dienone is 2. The van der Waals surface area contributed by atoms with Crippen LogP contribution in [0.25, 0.3) is 34.1 Å². The van der Waals surface area contributed by atoms with Crippen LogP contribution >= 0.6 is 10.0 Å². The Labute approximate surface area is 352 Å². The Kier molecular flexibility index (Phi) is 8.05. The lowest BCUT2D eigenvalue weighted by Crippen LogP contribution is -2.59. The summed E-state index contributed by atoms with van der Waals surface area (Å²) in [5.41, 5.74) is 14.7. The van der Waals surface area contributed by atoms with E-state index in [1.54, 1.807) is 5.19 Å². The van der Waals surface area contributed by atoms with E-state index in [9.17, 15) is 0 Å². The molecular formula is C55H50N2SSi. The van der Waals surface area contributed by atoms with Crippen molar-refractivity contribution >= 4 is 74.7 Å². The van der Waals surface area contributed by atoms with Crippen LogP contribution in [0.4, 0.5) is 28.4 Å². The molecule has 2 aliphatic heterocycles. The van der Waals surface area contributed by atoms with Crippen molar-refractivity contribution in [3.63, 3.8) is 0 Å². The Balaban J connectivity index is 0.946. The zero-order chi connectivity index (χ0) is 40.3. The summed E-state index contributed by atoms with van der Waals surface area (Å²) in [6.45, 7) is 9.89. The summed E-state index contributed by atoms with van der Waals surface area (Å²) >= 11 is 0. The molecule has 2 heterocycles. The minimum atomic E-state index is -1.75. The molecule has 0 radical (unpaired) electrons. The van der Waals surface area contributed by atoms with E-state index < -0.39 is 18.1 Å². The van der Waals surface area contributed by atoms with Gasteiger partial charge in [-0.25, -0.2) is 0 Å². The summed E-state index contributed by atoms with van der Waals surface area (Å²) < 4.78 is 0. The van der Waals surface area contributed by atoms with Crippen LogP contribution in [0.3, 0.4) is 0 Å². The van der Waals surface area contributed by atoms with Crippen molar-refractivity contribution in [3.8, 4) is 11.1 Å². The minimum Gasteiger partial charge on any atom is -0.334 e. The highest BCUT2D eigenvalue weighted by molar-refractivity contribution is 8.33. The Morgan fingerprint density at radius 1 is 0.576 bits per heavy atom. The van der Waals surface area contributed by atoms with Crippen LogP contribution in [-0.4, -0.2) is 26.6 Å². The molecule has 0 spiro atoms. The van der Waals surface area contributed by atoms with Crippen LogP contribution in [0.5, 0.6) is 0 Å². The molecule has 2 nitrogen and oxygen atoms in total. The lowest BCUT2D eigenvalue weighted by molar-refractivity contribution is 0.660. The molecule has 2 unspecified atom stereocenters. The molecule has 0 saturated carbocycles. The molecule has 4 aliphatic rings. The second-order valence-corrected chi connectivity index (χ2v) is 26.4. The Bertz CT molecular complexity index is 2920. The molecule has 0 bridgehead atoms. The smallest absolute Gasteiger partial charge is 0.0926 e. The summed E-state index contributed by atoms with van der Waals surface area (Å²) in [5.74, 6) is 0. The first-order valence-corrected chi connectivity index (χ1v) is 26.5. The number of benzene rings is 7. The third-order valence-electron chi connectivity index (χ3n) is 14.0. The number of nitrogens with zero attached hydrogens (tertiary/aromatic N) is 2. The van der Waals surface area contributed by atoms with E-state index in [-0.39, 0.29) is 5.41 Å². The number of para-hydroxylation sites is 3. The van der Waals surface area contributed by atoms with E-state index in [1.165, 1.54) is 82.4 Å². The van der Waals surface area contributed by atoms with Crippen LogP contribution in [-0.2, 0) is 5.41 Å². The standard InChI is InChI=1S/C55H50N2SSi/c1-55(2)44-35-37(30-33-41(44)42-34-32-39(36-45(42)55)56-47-20-7-11-25-51(47)58(3,4)52-26-12-8-21-48(52)56)29-31-38-17-15-19-43-40(38)18-16-24-46(43)57-49-22-9-13-27-53(49)59(5,6)54-28-14-10-23-50(54)57/h7-36,49,53H,1-6H3. The molecule has 4 heteroatoms. The maximum atomic E-state index is 2.63. The average molecular weight is 799 g/mol. The number of fused-ring (bicyclic) bond motifs is 8. The maximum Gasteiger partial charge on any atom is 0.0926 e. The second kappa shape index (κ2) is 13.1. The van der Waals surface area contributed by atoms with Crippen LogP contribution in [0.15, 0.2) is 180 Å². The van der Waals surface area contributed by atoms with Gasteiger partial charge in [-0.2, -0.15) is 10.0 Å². The quantitative estimate of drug-likeness (QED) is 0.129. The normalized spacial score (nSPS) is 20.4. The van der Waals surface area contributed by atoms with Crippen molar-refractivity contribution < 1.29 is 0 Å². The summed E-state index contributed by atoms with van der Waals surface area (Å²) in [5, 5.41) is 4.11. The van der Waals surface area contributed by atoms with Gasteiger partial charge in [0, 0.05) is 43.2 Å². The molecule has 2 aliphatic carbocycles. The summed E-state index contributed by atoms with van der Waals surface area (Å²) in [6, 6.07) is 55.4. The summed E-state index contributed by atoms with van der Waals surface area (Å²) in [6.07, 6.45) is 18.9. The topological polar surface area (TPSA) is 6.48 Å². The van der Waals surface area contributed by atoms with E-state index in [0.717, 1.165) is 0 Å². The van der Waals surface area contributed by atoms with Gasteiger partial charge in [-0.1, -0.05) is 160 Å². The highest BCUT2D eigenvalue weighted by Gasteiger charge is 2.46. The molecule has 2 atom stereocenters. The number of anilines is 5. The molecule has 0 saturated heterocycles. The second-order valence-electron chi connectivity index (χ2n) is 18.2. The highest BCUT2D eigenvalue weighted by atomic mass is 32.3. The molecule has 59 heavy (non-hydrogen) atoms. The fourth-order valence-corrected chi connectivity index (χ4v) is 16.8. The number of rotatable bonds is 4. The van der Waals surface area contributed by atoms with Crippen LogP contribution in [0.1, 0.15) is 36.1 Å². The molecule has 11 rings (SSSR count). The SMILES string of the molecule is CC1(C)c2cc(C=Cc3cccc4c(N5c6ccccc6[Si](C)(C)C6C=CC=CC65)cccc34)ccc2-c2ccc(N3c4ccccc4S(C)(C)c4ccccc43)cc21. The zero-order valence-electron chi connectivity index (χ0n) is 34.8. The Hall–Kier alpha value is -5.81. The zero-order valence-corrected chi connectivity index (χ0v) is 36.6. The van der Waals surface area contributed by atoms with Gasteiger partial charge in [0.25, 0.3) is 0 Å². The lowest BCUT2D eigenvalue weighted by atomic mass is 9.81. The van der Waals surface area contributed by atoms with E-state index >= 15 is 0 Å². The monoisotopic (exact) mass is 798 g/mol. The Morgan fingerprint density at radius 2 is 1.19 bits per heavy atom. The Morgan fingerprint density at radius 3 is 1.95 bits per heavy atom. The molecule has 0 amide bonds.